The molecular weight excluding hydrogens is 308 g/mol. The molecule has 3 N–H and O–H groups in total. The molecular formula is C16H22N6O2. The maximum absolute atomic E-state index is 12.6. The van der Waals surface area contributed by atoms with Crippen molar-refractivity contribution in [1.29, 1.82) is 0 Å². The molecule has 1 saturated heterocycles. The Hall–Kier alpha value is -2.61. The number of hydrogen-bond donors (Lipinski definition) is 2. The van der Waals surface area contributed by atoms with Crippen molar-refractivity contribution in [2.45, 2.75) is 18.9 Å². The Bertz CT molecular complexity index is 713. The van der Waals surface area contributed by atoms with E-state index in [4.69, 9.17) is 5.73 Å². The molecule has 2 amide bonds. The van der Waals surface area contributed by atoms with Crippen molar-refractivity contribution in [3.05, 3.63) is 36.3 Å². The first-order chi connectivity index (χ1) is 11.5. The van der Waals surface area contributed by atoms with E-state index in [1.54, 1.807) is 10.9 Å². The van der Waals surface area contributed by atoms with Gasteiger partial charge in [0.2, 0.25) is 5.91 Å². The number of piperidine rings is 1. The van der Waals surface area contributed by atoms with E-state index in [-0.39, 0.29) is 24.4 Å². The molecule has 1 aliphatic heterocycles. The molecule has 3 rings (SSSR count). The minimum Gasteiger partial charge on any atom is -0.369 e. The van der Waals surface area contributed by atoms with Crippen LogP contribution in [0.25, 0.3) is 5.82 Å². The third-order valence-corrected chi connectivity index (χ3v) is 4.30. The molecule has 0 radical (unpaired) electrons. The van der Waals surface area contributed by atoms with Crippen molar-refractivity contribution >= 4 is 11.8 Å². The van der Waals surface area contributed by atoms with Gasteiger partial charge in [0.15, 0.2) is 0 Å². The van der Waals surface area contributed by atoms with Gasteiger partial charge in [-0.05, 0) is 25.0 Å². The summed E-state index contributed by atoms with van der Waals surface area (Å²) < 4.78 is 3.56. The smallest absolute Gasteiger partial charge is 0.256 e. The van der Waals surface area contributed by atoms with Gasteiger partial charge < -0.3 is 15.6 Å². The lowest BCUT2D eigenvalue weighted by Crippen LogP contribution is -2.46. The van der Waals surface area contributed by atoms with Crippen LogP contribution in [0.1, 0.15) is 23.2 Å². The summed E-state index contributed by atoms with van der Waals surface area (Å²) in [6, 6.07) is 3.91. The molecule has 0 saturated carbocycles. The van der Waals surface area contributed by atoms with E-state index >= 15 is 0 Å². The van der Waals surface area contributed by atoms with Crippen molar-refractivity contribution < 1.29 is 9.59 Å². The Morgan fingerprint density at radius 3 is 2.58 bits per heavy atom. The first kappa shape index (κ1) is 16.3. The quantitative estimate of drug-likeness (QED) is 0.799. The largest absolute Gasteiger partial charge is 0.369 e. The molecule has 24 heavy (non-hydrogen) atoms. The van der Waals surface area contributed by atoms with Gasteiger partial charge >= 0.3 is 0 Å². The Kier molecular flexibility index (Phi) is 4.66. The van der Waals surface area contributed by atoms with E-state index in [0.29, 0.717) is 5.56 Å². The Balaban J connectivity index is 1.64. The van der Waals surface area contributed by atoms with Crippen molar-refractivity contribution in [3.63, 3.8) is 0 Å². The van der Waals surface area contributed by atoms with Gasteiger partial charge in [-0.3, -0.25) is 19.2 Å². The zero-order chi connectivity index (χ0) is 17.1. The molecule has 1 fully saturated rings. The summed E-state index contributed by atoms with van der Waals surface area (Å²) in [5, 5.41) is 7.28. The summed E-state index contributed by atoms with van der Waals surface area (Å²) in [5.41, 5.74) is 5.77. The number of aromatic nitrogens is 3. The van der Waals surface area contributed by atoms with Crippen LogP contribution in [0.3, 0.4) is 0 Å². The summed E-state index contributed by atoms with van der Waals surface area (Å²) >= 11 is 0. The number of amides is 2. The van der Waals surface area contributed by atoms with Crippen molar-refractivity contribution in [2.75, 3.05) is 19.6 Å². The van der Waals surface area contributed by atoms with Crippen LogP contribution in [0.4, 0.5) is 0 Å². The molecule has 0 unspecified atom stereocenters. The highest BCUT2D eigenvalue weighted by molar-refractivity contribution is 5.97. The van der Waals surface area contributed by atoms with Crippen LogP contribution in [0, 0.1) is 0 Å². The van der Waals surface area contributed by atoms with Gasteiger partial charge in [-0.25, -0.2) is 0 Å². The molecule has 8 heteroatoms. The highest BCUT2D eigenvalue weighted by atomic mass is 16.2. The number of hydrogen-bond acceptors (Lipinski definition) is 4. The van der Waals surface area contributed by atoms with Crippen LogP contribution in [0.5, 0.6) is 0 Å². The first-order valence-corrected chi connectivity index (χ1v) is 8.01. The van der Waals surface area contributed by atoms with Gasteiger partial charge in [0.05, 0.1) is 12.7 Å². The van der Waals surface area contributed by atoms with Gasteiger partial charge in [0, 0.05) is 38.6 Å². The maximum Gasteiger partial charge on any atom is 0.256 e. The summed E-state index contributed by atoms with van der Waals surface area (Å²) in [5.74, 6) is 0.299. The third kappa shape index (κ3) is 3.48. The van der Waals surface area contributed by atoms with E-state index < -0.39 is 0 Å². The minimum absolute atomic E-state index is 0.0966. The molecule has 0 bridgehead atoms. The van der Waals surface area contributed by atoms with E-state index in [9.17, 15) is 9.59 Å². The number of nitrogens with two attached hydrogens (primary N) is 1. The van der Waals surface area contributed by atoms with Crippen LogP contribution in [0.2, 0.25) is 0 Å². The first-order valence-electron chi connectivity index (χ1n) is 8.01. The van der Waals surface area contributed by atoms with Crippen molar-refractivity contribution in [2.24, 2.45) is 12.8 Å². The van der Waals surface area contributed by atoms with Crippen molar-refractivity contribution in [3.8, 4) is 5.82 Å². The van der Waals surface area contributed by atoms with E-state index in [1.165, 1.54) is 0 Å². The maximum atomic E-state index is 12.6. The molecule has 2 aromatic rings. The number of nitrogens with one attached hydrogen (secondary N) is 1. The van der Waals surface area contributed by atoms with Crippen LogP contribution < -0.4 is 11.1 Å². The van der Waals surface area contributed by atoms with Crippen LogP contribution in [0.15, 0.2) is 30.7 Å². The average molecular weight is 330 g/mol. The van der Waals surface area contributed by atoms with Crippen LogP contribution >= 0.6 is 0 Å². The number of aryl methyl sites for hydroxylation is 1. The van der Waals surface area contributed by atoms with Gasteiger partial charge in [-0.15, -0.1) is 0 Å². The highest BCUT2D eigenvalue weighted by Crippen LogP contribution is 2.16. The summed E-state index contributed by atoms with van der Waals surface area (Å²) in [6.07, 6.45) is 6.97. The van der Waals surface area contributed by atoms with Gasteiger partial charge in [-0.2, -0.15) is 5.10 Å². The summed E-state index contributed by atoms with van der Waals surface area (Å²) in [7, 11) is 1.81. The van der Waals surface area contributed by atoms with Crippen LogP contribution in [-0.4, -0.2) is 56.7 Å². The number of rotatable bonds is 5. The number of carbonyl (C=O) groups is 2. The molecule has 2 aromatic heterocycles. The topological polar surface area (TPSA) is 98.2 Å². The second-order valence-electron chi connectivity index (χ2n) is 6.09. The van der Waals surface area contributed by atoms with Gasteiger partial charge in [0.1, 0.15) is 11.4 Å². The number of likely N-dealkylation sites (tertiary alicyclic amines) is 1. The summed E-state index contributed by atoms with van der Waals surface area (Å²) in [4.78, 5) is 25.6. The lowest BCUT2D eigenvalue weighted by atomic mass is 10.0. The van der Waals surface area contributed by atoms with E-state index in [2.05, 4.69) is 10.4 Å². The highest BCUT2D eigenvalue weighted by Gasteiger charge is 2.24. The van der Waals surface area contributed by atoms with Crippen LogP contribution in [-0.2, 0) is 11.8 Å². The molecule has 128 valence electrons. The number of carbonyl (C=O) groups excluding carboxylic acids is 2. The SMILES string of the molecule is Cn1ncc(C(=O)NC2CCN(CC(N)=O)CC2)c1-n1cccc1. The lowest BCUT2D eigenvalue weighted by Gasteiger charge is -2.31. The molecule has 0 spiro atoms. The van der Waals surface area contributed by atoms with E-state index in [1.807, 2.05) is 41.0 Å². The zero-order valence-corrected chi connectivity index (χ0v) is 13.7. The monoisotopic (exact) mass is 330 g/mol. The minimum atomic E-state index is -0.316. The second-order valence-corrected chi connectivity index (χ2v) is 6.09. The Labute approximate surface area is 140 Å². The molecule has 3 heterocycles. The number of primary amides is 1. The molecule has 0 aromatic carbocycles. The fraction of sp³-hybridized carbons (Fsp3) is 0.438. The standard InChI is InChI=1S/C16H22N6O2/c1-20-16(22-6-2-3-7-22)13(10-18-20)15(24)19-12-4-8-21(9-5-12)11-14(17)23/h2-3,6-7,10,12H,4-5,8-9,11H2,1H3,(H2,17,23)(H,19,24). The Morgan fingerprint density at radius 1 is 1.29 bits per heavy atom. The molecule has 0 atom stereocenters. The Morgan fingerprint density at radius 2 is 1.96 bits per heavy atom. The average Bonchev–Trinajstić information content (AvgIpc) is 3.17. The fourth-order valence-electron chi connectivity index (χ4n) is 3.09. The lowest BCUT2D eigenvalue weighted by molar-refractivity contribution is -0.119. The predicted molar refractivity (Wildman–Crippen MR) is 88.7 cm³/mol. The molecule has 0 aliphatic carbocycles. The molecule has 8 nitrogen and oxygen atoms in total. The zero-order valence-electron chi connectivity index (χ0n) is 13.7. The second kappa shape index (κ2) is 6.88. The van der Waals surface area contributed by atoms with Gasteiger partial charge in [0.25, 0.3) is 5.91 Å². The number of nitrogens with zero attached hydrogens (tertiary/aromatic N) is 4. The third-order valence-electron chi connectivity index (χ3n) is 4.30. The normalized spacial score (nSPS) is 16.2. The van der Waals surface area contributed by atoms with E-state index in [0.717, 1.165) is 31.7 Å². The molecule has 1 aliphatic rings. The predicted octanol–water partition coefficient (Wildman–Crippen LogP) is -0.110. The summed E-state index contributed by atoms with van der Waals surface area (Å²) in [6.45, 7) is 1.79. The van der Waals surface area contributed by atoms with Gasteiger partial charge in [-0.1, -0.05) is 0 Å². The van der Waals surface area contributed by atoms with Crippen molar-refractivity contribution in [1.82, 2.24) is 24.6 Å². The fourth-order valence-corrected chi connectivity index (χ4v) is 3.09.